The molecule has 0 aliphatic carbocycles. The average Bonchev–Trinajstić information content (AvgIpc) is 2.83. The lowest BCUT2D eigenvalue weighted by Gasteiger charge is -2.32. The number of carbonyl (C=O) groups excluding carboxylic acids is 1. The van der Waals surface area contributed by atoms with E-state index >= 15 is 0 Å². The Morgan fingerprint density at radius 1 is 0.875 bits per heavy atom. The number of benzene rings is 1. The molecule has 1 aromatic rings. The first-order chi connectivity index (χ1) is 15.6. The van der Waals surface area contributed by atoms with Crippen molar-refractivity contribution in [3.63, 3.8) is 0 Å². The summed E-state index contributed by atoms with van der Waals surface area (Å²) < 4.78 is 11.3. The number of unbranched alkanes of at least 4 members (excludes halogenated alkanes) is 3. The number of likely N-dealkylation sites (N-methyl/N-ethyl adjacent to an activating group) is 1. The van der Waals surface area contributed by atoms with Crippen LogP contribution in [0.2, 0.25) is 0 Å². The smallest absolute Gasteiger partial charge is 0.251 e. The van der Waals surface area contributed by atoms with E-state index in [1.807, 2.05) is 37.4 Å². The first-order valence-electron chi connectivity index (χ1n) is 12.4. The van der Waals surface area contributed by atoms with E-state index in [4.69, 9.17) is 9.47 Å². The van der Waals surface area contributed by atoms with Gasteiger partial charge in [0.15, 0.2) is 0 Å². The normalized spacial score (nSPS) is 17.2. The number of rotatable bonds is 16. The van der Waals surface area contributed by atoms with Crippen molar-refractivity contribution >= 4 is 5.91 Å². The lowest BCUT2D eigenvalue weighted by Crippen LogP contribution is -2.44. The average molecular weight is 448 g/mol. The minimum absolute atomic E-state index is 0.0368. The largest absolute Gasteiger partial charge is 0.381 e. The summed E-state index contributed by atoms with van der Waals surface area (Å²) >= 11 is 0. The van der Waals surface area contributed by atoms with Gasteiger partial charge >= 0.3 is 0 Å². The number of methoxy groups -OCH3 is 2. The van der Waals surface area contributed by atoms with E-state index in [1.165, 1.54) is 58.4 Å². The summed E-state index contributed by atoms with van der Waals surface area (Å²) in [4.78, 5) is 17.2. The summed E-state index contributed by atoms with van der Waals surface area (Å²) in [5, 5.41) is 2.98. The summed E-state index contributed by atoms with van der Waals surface area (Å²) in [6.45, 7) is 6.65. The molecule has 1 fully saturated rings. The molecule has 6 nitrogen and oxygen atoms in total. The van der Waals surface area contributed by atoms with Crippen LogP contribution in [-0.4, -0.2) is 88.5 Å². The highest BCUT2D eigenvalue weighted by Gasteiger charge is 2.14. The van der Waals surface area contributed by atoms with Crippen molar-refractivity contribution in [1.29, 1.82) is 0 Å². The Hall–Kier alpha value is -1.47. The Morgan fingerprint density at radius 3 is 2.19 bits per heavy atom. The van der Waals surface area contributed by atoms with Crippen molar-refractivity contribution in [2.45, 2.75) is 63.6 Å². The number of hydrogen-bond donors (Lipinski definition) is 1. The molecule has 0 aromatic heterocycles. The van der Waals surface area contributed by atoms with Gasteiger partial charge in [-0.25, -0.2) is 0 Å². The highest BCUT2D eigenvalue weighted by atomic mass is 16.5. The number of carbonyl (C=O) groups is 1. The van der Waals surface area contributed by atoms with Gasteiger partial charge in [-0.15, -0.1) is 0 Å². The Kier molecular flexibility index (Phi) is 13.5. The lowest BCUT2D eigenvalue weighted by atomic mass is 10.0. The van der Waals surface area contributed by atoms with Crippen LogP contribution in [0, 0.1) is 0 Å². The lowest BCUT2D eigenvalue weighted by molar-refractivity contribution is 0.0637. The minimum Gasteiger partial charge on any atom is -0.381 e. The van der Waals surface area contributed by atoms with E-state index in [0.717, 1.165) is 25.7 Å². The topological polar surface area (TPSA) is 54.0 Å². The zero-order chi connectivity index (χ0) is 23.0. The minimum atomic E-state index is -0.0463. The van der Waals surface area contributed by atoms with Crippen molar-refractivity contribution < 1.29 is 14.3 Å². The second-order valence-corrected chi connectivity index (χ2v) is 9.07. The third kappa shape index (κ3) is 10.9. The van der Waals surface area contributed by atoms with Gasteiger partial charge < -0.3 is 24.6 Å². The van der Waals surface area contributed by atoms with Crippen LogP contribution >= 0.6 is 0 Å². The molecule has 182 valence electrons. The fourth-order valence-corrected chi connectivity index (χ4v) is 4.29. The van der Waals surface area contributed by atoms with E-state index in [9.17, 15) is 4.79 Å². The zero-order valence-corrected chi connectivity index (χ0v) is 20.6. The number of nitrogens with zero attached hydrogens (tertiary/aromatic N) is 2. The van der Waals surface area contributed by atoms with Crippen molar-refractivity contribution in [3.8, 4) is 0 Å². The Morgan fingerprint density at radius 2 is 1.50 bits per heavy atom. The van der Waals surface area contributed by atoms with E-state index in [1.54, 1.807) is 7.11 Å². The monoisotopic (exact) mass is 447 g/mol. The molecule has 2 rings (SSSR count). The van der Waals surface area contributed by atoms with Gasteiger partial charge in [-0.1, -0.05) is 37.5 Å². The maximum Gasteiger partial charge on any atom is 0.251 e. The summed E-state index contributed by atoms with van der Waals surface area (Å²) in [5.41, 5.74) is 0.685. The molecule has 1 aromatic carbocycles. The van der Waals surface area contributed by atoms with Gasteiger partial charge in [-0.05, 0) is 57.8 Å². The van der Waals surface area contributed by atoms with Crippen LogP contribution in [0.25, 0.3) is 0 Å². The molecule has 32 heavy (non-hydrogen) atoms. The molecule has 1 saturated heterocycles. The van der Waals surface area contributed by atoms with E-state index < -0.39 is 0 Å². The molecule has 0 saturated carbocycles. The predicted octanol–water partition coefficient (Wildman–Crippen LogP) is 3.81. The third-order valence-electron chi connectivity index (χ3n) is 6.59. The molecule has 1 heterocycles. The number of nitrogens with one attached hydrogen (secondary N) is 1. The van der Waals surface area contributed by atoms with Crippen molar-refractivity contribution in [3.05, 3.63) is 35.9 Å². The van der Waals surface area contributed by atoms with E-state index in [2.05, 4.69) is 22.2 Å². The molecule has 0 spiro atoms. The quantitative estimate of drug-likeness (QED) is 0.391. The summed E-state index contributed by atoms with van der Waals surface area (Å²) in [6.07, 6.45) is 9.66. The molecular formula is C26H45N3O3. The molecule has 0 radical (unpaired) electrons. The molecule has 1 N–H and O–H groups in total. The summed E-state index contributed by atoms with van der Waals surface area (Å²) in [7, 11) is 5.75. The SMILES string of the molecule is COC(CCCCCCN1CCN(C)CC1)CCCC(CNC(=O)c1ccccc1)OC. The molecule has 1 aliphatic rings. The third-order valence-corrected chi connectivity index (χ3v) is 6.59. The van der Waals surface area contributed by atoms with Gasteiger partial charge in [-0.3, -0.25) is 4.79 Å². The summed E-state index contributed by atoms with van der Waals surface area (Å²) in [6, 6.07) is 9.32. The molecule has 2 atom stereocenters. The van der Waals surface area contributed by atoms with Crippen LogP contribution < -0.4 is 5.32 Å². The first-order valence-corrected chi connectivity index (χ1v) is 12.4. The number of piperazine rings is 1. The molecular weight excluding hydrogens is 402 g/mol. The highest BCUT2D eigenvalue weighted by Crippen LogP contribution is 2.15. The highest BCUT2D eigenvalue weighted by molar-refractivity contribution is 5.94. The van der Waals surface area contributed by atoms with Crippen molar-refractivity contribution in [2.75, 3.05) is 60.5 Å². The second kappa shape index (κ2) is 16.2. The van der Waals surface area contributed by atoms with Gasteiger partial charge in [-0.2, -0.15) is 0 Å². The van der Waals surface area contributed by atoms with E-state index in [-0.39, 0.29) is 12.0 Å². The first kappa shape index (κ1) is 26.8. The van der Waals surface area contributed by atoms with Gasteiger partial charge in [0.25, 0.3) is 5.91 Å². The van der Waals surface area contributed by atoms with Crippen molar-refractivity contribution in [2.24, 2.45) is 0 Å². The second-order valence-electron chi connectivity index (χ2n) is 9.07. The molecule has 6 heteroatoms. The van der Waals surface area contributed by atoms with Crippen LogP contribution in [0.15, 0.2) is 30.3 Å². The molecule has 0 bridgehead atoms. The van der Waals surface area contributed by atoms with Crippen LogP contribution in [-0.2, 0) is 9.47 Å². The van der Waals surface area contributed by atoms with Gasteiger partial charge in [0, 0.05) is 52.5 Å². The predicted molar refractivity (Wildman–Crippen MR) is 131 cm³/mol. The number of hydrogen-bond acceptors (Lipinski definition) is 5. The van der Waals surface area contributed by atoms with Gasteiger partial charge in [0.05, 0.1) is 12.2 Å². The molecule has 1 amide bonds. The maximum absolute atomic E-state index is 12.2. The fourth-order valence-electron chi connectivity index (χ4n) is 4.29. The maximum atomic E-state index is 12.2. The van der Waals surface area contributed by atoms with Crippen LogP contribution in [0.1, 0.15) is 61.7 Å². The van der Waals surface area contributed by atoms with Crippen LogP contribution in [0.3, 0.4) is 0 Å². The van der Waals surface area contributed by atoms with Crippen LogP contribution in [0.5, 0.6) is 0 Å². The Labute approximate surface area is 195 Å². The van der Waals surface area contributed by atoms with Gasteiger partial charge in [0.2, 0.25) is 0 Å². The zero-order valence-electron chi connectivity index (χ0n) is 20.6. The number of amides is 1. The fraction of sp³-hybridized carbons (Fsp3) is 0.731. The van der Waals surface area contributed by atoms with E-state index in [0.29, 0.717) is 18.2 Å². The Bertz CT molecular complexity index is 606. The van der Waals surface area contributed by atoms with Gasteiger partial charge in [0.1, 0.15) is 0 Å². The van der Waals surface area contributed by atoms with Crippen LogP contribution in [0.4, 0.5) is 0 Å². The standard InChI is InChI=1S/C26H45N3O3/c1-28-18-20-29(21-19-28)17-10-5-4-9-14-24(31-2)15-11-16-25(32-3)22-27-26(30)23-12-7-6-8-13-23/h6-8,12-13,24-25H,4-5,9-11,14-22H2,1-3H3,(H,27,30). The van der Waals surface area contributed by atoms with Crippen molar-refractivity contribution in [1.82, 2.24) is 15.1 Å². The summed E-state index contributed by atoms with van der Waals surface area (Å²) in [5.74, 6) is -0.0463. The Balaban J connectivity index is 1.50. The molecule has 2 unspecified atom stereocenters. The molecule has 1 aliphatic heterocycles. The number of ether oxygens (including phenoxy) is 2.